The van der Waals surface area contributed by atoms with Gasteiger partial charge in [0.15, 0.2) is 23.6 Å². The van der Waals surface area contributed by atoms with Gasteiger partial charge in [-0.05, 0) is 42.8 Å². The Morgan fingerprint density at radius 2 is 1.78 bits per heavy atom. The van der Waals surface area contributed by atoms with Crippen LogP contribution in [-0.2, 0) is 14.3 Å². The molecule has 1 N–H and O–H groups in total. The van der Waals surface area contributed by atoms with Gasteiger partial charge in [0.1, 0.15) is 0 Å². The Kier molecular flexibility index (Phi) is 6.33. The number of amides is 1. The molecule has 0 spiro atoms. The number of benzene rings is 2. The molecular formula is C19H13F3N2O3. The summed E-state index contributed by atoms with van der Waals surface area (Å²) in [5.41, 5.74) is 0.520. The summed E-state index contributed by atoms with van der Waals surface area (Å²) in [6, 6.07) is 9.83. The van der Waals surface area contributed by atoms with Crippen molar-refractivity contribution in [3.05, 3.63) is 71.1 Å². The fraction of sp³-hybridized carbons (Fsp3) is 0.105. The first-order chi connectivity index (χ1) is 12.8. The van der Waals surface area contributed by atoms with Crippen LogP contribution in [0, 0.1) is 28.8 Å². The summed E-state index contributed by atoms with van der Waals surface area (Å²) >= 11 is 0. The zero-order valence-electron chi connectivity index (χ0n) is 14.0. The van der Waals surface area contributed by atoms with E-state index in [4.69, 9.17) is 10.00 Å². The number of carbonyl (C=O) groups is 2. The van der Waals surface area contributed by atoms with Crippen LogP contribution in [0.25, 0.3) is 6.08 Å². The van der Waals surface area contributed by atoms with E-state index in [0.717, 1.165) is 12.1 Å². The molecule has 0 radical (unpaired) electrons. The average molecular weight is 374 g/mol. The fourth-order valence-corrected chi connectivity index (χ4v) is 1.96. The van der Waals surface area contributed by atoms with Gasteiger partial charge in [0.2, 0.25) is 0 Å². The molecule has 138 valence electrons. The van der Waals surface area contributed by atoms with E-state index < -0.39 is 41.1 Å². The van der Waals surface area contributed by atoms with E-state index in [1.807, 2.05) is 11.4 Å². The van der Waals surface area contributed by atoms with Crippen molar-refractivity contribution in [1.29, 1.82) is 5.26 Å². The van der Waals surface area contributed by atoms with Crippen LogP contribution < -0.4 is 5.32 Å². The van der Waals surface area contributed by atoms with E-state index in [2.05, 4.69) is 0 Å². The van der Waals surface area contributed by atoms with Crippen LogP contribution in [0.4, 0.5) is 18.9 Å². The summed E-state index contributed by atoms with van der Waals surface area (Å²) in [6.45, 7) is 1.24. The van der Waals surface area contributed by atoms with Gasteiger partial charge in [-0.2, -0.15) is 5.26 Å². The Morgan fingerprint density at radius 3 is 2.41 bits per heavy atom. The first-order valence-corrected chi connectivity index (χ1v) is 7.65. The number of esters is 1. The summed E-state index contributed by atoms with van der Waals surface area (Å²) in [6.07, 6.45) is 1.18. The molecule has 0 bridgehead atoms. The third-order valence-corrected chi connectivity index (χ3v) is 3.41. The number of hydrogen-bond donors (Lipinski definition) is 1. The summed E-state index contributed by atoms with van der Waals surface area (Å²) in [5, 5.41) is 10.7. The molecule has 0 aromatic heterocycles. The molecule has 0 aliphatic rings. The zero-order valence-corrected chi connectivity index (χ0v) is 14.0. The molecule has 2 aromatic carbocycles. The van der Waals surface area contributed by atoms with Gasteiger partial charge in [0.25, 0.3) is 5.91 Å². The molecule has 0 heterocycles. The van der Waals surface area contributed by atoms with Crippen LogP contribution >= 0.6 is 0 Å². The maximum absolute atomic E-state index is 13.5. The molecule has 0 unspecified atom stereocenters. The lowest BCUT2D eigenvalue weighted by Crippen LogP contribution is -2.29. The van der Waals surface area contributed by atoms with Gasteiger partial charge in [-0.25, -0.2) is 18.0 Å². The quantitative estimate of drug-likeness (QED) is 0.493. The highest BCUT2D eigenvalue weighted by atomic mass is 19.2. The highest BCUT2D eigenvalue weighted by Gasteiger charge is 2.20. The predicted molar refractivity (Wildman–Crippen MR) is 90.7 cm³/mol. The Balaban J connectivity index is 1.95. The lowest BCUT2D eigenvalue weighted by molar-refractivity contribution is -0.148. The van der Waals surface area contributed by atoms with E-state index >= 15 is 0 Å². The lowest BCUT2D eigenvalue weighted by Gasteiger charge is -2.13. The molecule has 8 heteroatoms. The van der Waals surface area contributed by atoms with Crippen LogP contribution in [0.2, 0.25) is 0 Å². The number of halogens is 3. The Morgan fingerprint density at radius 1 is 1.11 bits per heavy atom. The number of nitriles is 1. The lowest BCUT2D eigenvalue weighted by atomic mass is 10.1. The topological polar surface area (TPSA) is 79.2 Å². The van der Waals surface area contributed by atoms with Crippen molar-refractivity contribution < 1.29 is 27.5 Å². The Bertz CT molecular complexity index is 934. The first-order valence-electron chi connectivity index (χ1n) is 7.65. The van der Waals surface area contributed by atoms with Crippen LogP contribution in [0.15, 0.2) is 42.5 Å². The molecule has 1 amide bonds. The molecule has 27 heavy (non-hydrogen) atoms. The Labute approximate surface area is 152 Å². The van der Waals surface area contributed by atoms with E-state index in [1.165, 1.54) is 13.0 Å². The second-order valence-electron chi connectivity index (χ2n) is 5.36. The van der Waals surface area contributed by atoms with Gasteiger partial charge >= 0.3 is 5.97 Å². The number of hydrogen-bond acceptors (Lipinski definition) is 4. The molecule has 0 saturated heterocycles. The summed E-state index contributed by atoms with van der Waals surface area (Å²) in [5.74, 6) is -6.42. The molecule has 0 saturated carbocycles. The van der Waals surface area contributed by atoms with Crippen LogP contribution in [0.1, 0.15) is 18.1 Å². The number of nitrogens with one attached hydrogen (secondary N) is 1. The zero-order chi connectivity index (χ0) is 20.0. The number of ether oxygens (including phenoxy) is 1. The first kappa shape index (κ1) is 19.7. The van der Waals surface area contributed by atoms with E-state index in [-0.39, 0.29) is 0 Å². The van der Waals surface area contributed by atoms with Crippen molar-refractivity contribution in [1.82, 2.24) is 0 Å². The number of carbonyl (C=O) groups excluding carboxylic acids is 2. The molecular weight excluding hydrogens is 361 g/mol. The highest BCUT2D eigenvalue weighted by Crippen LogP contribution is 2.20. The van der Waals surface area contributed by atoms with Crippen molar-refractivity contribution in [2.45, 2.75) is 13.0 Å². The van der Waals surface area contributed by atoms with Gasteiger partial charge in [0.05, 0.1) is 17.3 Å². The third-order valence-electron chi connectivity index (χ3n) is 3.41. The van der Waals surface area contributed by atoms with Crippen molar-refractivity contribution >= 4 is 23.6 Å². The normalized spacial score (nSPS) is 11.7. The molecule has 0 aliphatic carbocycles. The molecule has 0 fully saturated rings. The molecule has 5 nitrogen and oxygen atoms in total. The number of nitrogens with zero attached hydrogens (tertiary/aromatic N) is 1. The summed E-state index contributed by atoms with van der Waals surface area (Å²) in [7, 11) is 0. The average Bonchev–Trinajstić information content (AvgIpc) is 2.67. The van der Waals surface area contributed by atoms with Crippen molar-refractivity contribution in [2.24, 2.45) is 0 Å². The maximum atomic E-state index is 13.5. The second kappa shape index (κ2) is 8.67. The standard InChI is InChI=1S/C19H13F3N2O3/c1-11(19(26)24-15-8-7-14(20)17(21)18(15)22)27-16(25)9-6-12-2-4-13(10-23)5-3-12/h2-9,11H,1H3,(H,24,26)/b9-6+/t11-/m0/s1. The fourth-order valence-electron chi connectivity index (χ4n) is 1.96. The molecule has 2 aromatic rings. The molecule has 0 aliphatic heterocycles. The SMILES string of the molecule is C[C@H](OC(=O)/C=C/c1ccc(C#N)cc1)C(=O)Nc1ccc(F)c(F)c1F. The second-order valence-corrected chi connectivity index (χ2v) is 5.36. The van der Waals surface area contributed by atoms with Gasteiger partial charge in [0, 0.05) is 6.08 Å². The maximum Gasteiger partial charge on any atom is 0.331 e. The minimum Gasteiger partial charge on any atom is -0.449 e. The van der Waals surface area contributed by atoms with Gasteiger partial charge in [-0.15, -0.1) is 0 Å². The third kappa shape index (κ3) is 5.19. The molecule has 2 rings (SSSR count). The Hall–Kier alpha value is -3.60. The number of anilines is 1. The van der Waals surface area contributed by atoms with Crippen LogP contribution in [-0.4, -0.2) is 18.0 Å². The van der Waals surface area contributed by atoms with E-state index in [0.29, 0.717) is 17.2 Å². The van der Waals surface area contributed by atoms with E-state index in [9.17, 15) is 22.8 Å². The van der Waals surface area contributed by atoms with Crippen LogP contribution in [0.3, 0.4) is 0 Å². The highest BCUT2D eigenvalue weighted by molar-refractivity contribution is 5.96. The largest absolute Gasteiger partial charge is 0.449 e. The van der Waals surface area contributed by atoms with Crippen LogP contribution in [0.5, 0.6) is 0 Å². The van der Waals surface area contributed by atoms with Gasteiger partial charge in [-0.1, -0.05) is 12.1 Å². The summed E-state index contributed by atoms with van der Waals surface area (Å²) in [4.78, 5) is 23.7. The molecule has 1 atom stereocenters. The minimum absolute atomic E-state index is 0.462. The number of rotatable bonds is 5. The minimum atomic E-state index is -1.72. The van der Waals surface area contributed by atoms with Crippen molar-refractivity contribution in [3.8, 4) is 6.07 Å². The monoisotopic (exact) mass is 374 g/mol. The van der Waals surface area contributed by atoms with Crippen molar-refractivity contribution in [2.75, 3.05) is 5.32 Å². The smallest absolute Gasteiger partial charge is 0.331 e. The van der Waals surface area contributed by atoms with Gasteiger partial charge in [-0.3, -0.25) is 4.79 Å². The van der Waals surface area contributed by atoms with Gasteiger partial charge < -0.3 is 10.1 Å². The summed E-state index contributed by atoms with van der Waals surface area (Å²) < 4.78 is 44.4. The van der Waals surface area contributed by atoms with Crippen molar-refractivity contribution in [3.63, 3.8) is 0 Å². The predicted octanol–water partition coefficient (Wildman–Crippen LogP) is 3.56. The van der Waals surface area contributed by atoms with E-state index in [1.54, 1.807) is 24.3 Å².